The summed E-state index contributed by atoms with van der Waals surface area (Å²) in [5.74, 6) is 0. The molecule has 8 aromatic carbocycles. The lowest BCUT2D eigenvalue weighted by Gasteiger charge is -2.46. The normalized spacial score (nSPS) is 15.3. The molecule has 8 aromatic rings. The highest BCUT2D eigenvalue weighted by molar-refractivity contribution is 5.94. The fraction of sp³-hybridized carbons (Fsp3) is 0.324. The largest absolute Gasteiger partial charge is 0.344 e. The number of rotatable bonds is 14. The summed E-state index contributed by atoms with van der Waals surface area (Å²) in [5.41, 5.74) is 27.6. The highest BCUT2D eigenvalue weighted by Gasteiger charge is 2.51. The summed E-state index contributed by atoms with van der Waals surface area (Å²) in [7, 11) is 4.60. The van der Waals surface area contributed by atoms with Gasteiger partial charge in [-0.1, -0.05) is 210 Å². The molecule has 0 N–H and O–H groups in total. The van der Waals surface area contributed by atoms with E-state index in [1.807, 2.05) is 0 Å². The Kier molecular flexibility index (Phi) is 12.7. The highest BCUT2D eigenvalue weighted by Crippen LogP contribution is 2.63. The van der Waals surface area contributed by atoms with Crippen molar-refractivity contribution in [2.75, 3.05) is 23.9 Å². The predicted molar refractivity (Wildman–Crippen MR) is 311 cm³/mol. The third kappa shape index (κ3) is 7.80. The van der Waals surface area contributed by atoms with Crippen molar-refractivity contribution < 1.29 is 0 Å². The second-order valence-corrected chi connectivity index (χ2v) is 22.9. The molecule has 0 amide bonds. The number of unbranched alkanes of at least 4 members (excludes halogenated alkanes) is 6. The van der Waals surface area contributed by atoms with Crippen LogP contribution in [0.5, 0.6) is 0 Å². The number of hydrogen-bond donors (Lipinski definition) is 0. The molecule has 0 bridgehead atoms. The van der Waals surface area contributed by atoms with Crippen LogP contribution in [0.3, 0.4) is 0 Å². The molecule has 2 heteroatoms. The van der Waals surface area contributed by atoms with Gasteiger partial charge in [0, 0.05) is 42.3 Å². The second kappa shape index (κ2) is 19.0. The van der Waals surface area contributed by atoms with Crippen LogP contribution in [0.15, 0.2) is 158 Å². The quantitative estimate of drug-likeness (QED) is 0.100. The number of anilines is 4. The van der Waals surface area contributed by atoms with Crippen LogP contribution in [0.25, 0.3) is 11.1 Å². The van der Waals surface area contributed by atoms with Crippen molar-refractivity contribution in [3.63, 3.8) is 0 Å². The second-order valence-electron chi connectivity index (χ2n) is 22.9. The number of nitrogens with zero attached hydrogens (tertiary/aromatic N) is 2. The molecule has 2 heterocycles. The van der Waals surface area contributed by atoms with E-state index in [1.165, 1.54) is 174 Å². The summed E-state index contributed by atoms with van der Waals surface area (Å²) in [6, 6.07) is 63.4. The standard InChI is InChI=1S/C71H76N2/c1-11-13-15-17-19-51-27-35-55(36-28-51)71(56-37-29-52(30-38-56)20-18-16-14-12-2)62-42-50(6)26-40-66(62)73(10)68-46-60-58(44-64(68)71)57-43-63-67(45-59(57)69(60,7)8)72(9)65-39-25-49(5)41-61(65)70(63,53-31-21-47(3)22-32-53)54-33-23-48(4)24-34-54/h21-46H,11-20H2,1-10H3. The topological polar surface area (TPSA) is 6.48 Å². The molecule has 370 valence electrons. The average Bonchev–Trinajstić information content (AvgIpc) is 3.61. The summed E-state index contributed by atoms with van der Waals surface area (Å²) in [5, 5.41) is 0. The van der Waals surface area contributed by atoms with Crippen LogP contribution < -0.4 is 9.80 Å². The van der Waals surface area contributed by atoms with E-state index in [4.69, 9.17) is 0 Å². The fourth-order valence-corrected chi connectivity index (χ4v) is 13.5. The zero-order chi connectivity index (χ0) is 50.8. The minimum absolute atomic E-state index is 0.268. The van der Waals surface area contributed by atoms with Crippen LogP contribution in [0.2, 0.25) is 0 Å². The highest BCUT2D eigenvalue weighted by atomic mass is 15.1. The summed E-state index contributed by atoms with van der Waals surface area (Å²) >= 11 is 0. The van der Waals surface area contributed by atoms with Gasteiger partial charge in [0.1, 0.15) is 0 Å². The van der Waals surface area contributed by atoms with Crippen molar-refractivity contribution in [1.29, 1.82) is 0 Å². The van der Waals surface area contributed by atoms with Crippen molar-refractivity contribution in [1.82, 2.24) is 0 Å². The number of benzene rings is 8. The van der Waals surface area contributed by atoms with Crippen LogP contribution in [0, 0.1) is 27.7 Å². The molecule has 3 aliphatic rings. The van der Waals surface area contributed by atoms with Crippen molar-refractivity contribution >= 4 is 22.7 Å². The lowest BCUT2D eigenvalue weighted by Crippen LogP contribution is -2.38. The lowest BCUT2D eigenvalue weighted by atomic mass is 9.61. The molecule has 0 unspecified atom stereocenters. The molecule has 0 saturated carbocycles. The number of fused-ring (bicyclic) bond motifs is 7. The first-order chi connectivity index (χ1) is 35.3. The molecule has 1 aliphatic carbocycles. The fourth-order valence-electron chi connectivity index (χ4n) is 13.5. The Hall–Kier alpha value is -6.64. The van der Waals surface area contributed by atoms with Crippen LogP contribution in [0.1, 0.15) is 168 Å². The first kappa shape index (κ1) is 48.6. The maximum atomic E-state index is 2.66. The SMILES string of the molecule is CCCCCCc1ccc(C2(c3ccc(CCCCCC)cc3)c3cc(C)ccc3N(C)c3cc4c(cc32)-c2cc3c(cc2C4(C)C)N(C)c2ccc(C)cc2C3(c2ccc(C)cc2)c2ccc(C)cc2)cc1. The first-order valence-electron chi connectivity index (χ1n) is 27.7. The number of aryl methyl sites for hydroxylation is 6. The third-order valence-corrected chi connectivity index (χ3v) is 17.7. The monoisotopic (exact) mass is 957 g/mol. The molecule has 11 rings (SSSR count). The Bertz CT molecular complexity index is 3230. The zero-order valence-corrected chi connectivity index (χ0v) is 45.5. The Labute approximate surface area is 438 Å². The van der Waals surface area contributed by atoms with E-state index >= 15 is 0 Å². The van der Waals surface area contributed by atoms with Crippen molar-refractivity contribution in [2.24, 2.45) is 0 Å². The van der Waals surface area contributed by atoms with Crippen LogP contribution in [0.4, 0.5) is 22.7 Å². The van der Waals surface area contributed by atoms with Gasteiger partial charge >= 0.3 is 0 Å². The molecule has 2 nitrogen and oxygen atoms in total. The molecule has 0 atom stereocenters. The van der Waals surface area contributed by atoms with Gasteiger partial charge < -0.3 is 9.80 Å². The summed E-state index contributed by atoms with van der Waals surface area (Å²) < 4.78 is 0. The molecule has 2 aliphatic heterocycles. The molecule has 0 aromatic heterocycles. The predicted octanol–water partition coefficient (Wildman–Crippen LogP) is 18.4. The van der Waals surface area contributed by atoms with Crippen LogP contribution >= 0.6 is 0 Å². The first-order valence-corrected chi connectivity index (χ1v) is 27.7. The van der Waals surface area contributed by atoms with Crippen molar-refractivity contribution in [2.45, 2.75) is 136 Å². The van der Waals surface area contributed by atoms with E-state index < -0.39 is 10.8 Å². The lowest BCUT2D eigenvalue weighted by molar-refractivity contribution is 0.655. The molecule has 0 spiro atoms. The van der Waals surface area contributed by atoms with Gasteiger partial charge in [-0.05, 0) is 168 Å². The van der Waals surface area contributed by atoms with Gasteiger partial charge in [-0.25, -0.2) is 0 Å². The maximum absolute atomic E-state index is 2.66. The van der Waals surface area contributed by atoms with E-state index in [-0.39, 0.29) is 5.41 Å². The smallest absolute Gasteiger partial charge is 0.0742 e. The maximum Gasteiger partial charge on any atom is 0.0742 e. The van der Waals surface area contributed by atoms with E-state index in [9.17, 15) is 0 Å². The summed E-state index contributed by atoms with van der Waals surface area (Å²) in [4.78, 5) is 4.98. The molecular weight excluding hydrogens is 881 g/mol. The summed E-state index contributed by atoms with van der Waals surface area (Å²) in [6.07, 6.45) is 12.4. The van der Waals surface area contributed by atoms with Crippen molar-refractivity contribution in [3.05, 3.63) is 247 Å². The van der Waals surface area contributed by atoms with Gasteiger partial charge in [-0.2, -0.15) is 0 Å². The van der Waals surface area contributed by atoms with Gasteiger partial charge in [0.15, 0.2) is 0 Å². The molecular formula is C71H76N2. The van der Waals surface area contributed by atoms with E-state index in [1.54, 1.807) is 0 Å². The van der Waals surface area contributed by atoms with Crippen molar-refractivity contribution in [3.8, 4) is 11.1 Å². The van der Waals surface area contributed by atoms with Gasteiger partial charge in [0.25, 0.3) is 0 Å². The Morgan fingerprint density at radius 2 is 0.658 bits per heavy atom. The van der Waals surface area contributed by atoms with E-state index in [0.717, 1.165) is 12.8 Å². The van der Waals surface area contributed by atoms with E-state index in [0.29, 0.717) is 0 Å². The average molecular weight is 957 g/mol. The Morgan fingerprint density at radius 3 is 1.01 bits per heavy atom. The zero-order valence-electron chi connectivity index (χ0n) is 45.5. The van der Waals surface area contributed by atoms with Gasteiger partial charge in [-0.15, -0.1) is 0 Å². The van der Waals surface area contributed by atoms with Crippen LogP contribution in [-0.2, 0) is 29.1 Å². The molecule has 0 saturated heterocycles. The minimum atomic E-state index is -0.578. The van der Waals surface area contributed by atoms with Gasteiger partial charge in [0.2, 0.25) is 0 Å². The molecule has 0 radical (unpaired) electrons. The van der Waals surface area contributed by atoms with Gasteiger partial charge in [-0.3, -0.25) is 0 Å². The number of hydrogen-bond acceptors (Lipinski definition) is 2. The molecule has 73 heavy (non-hydrogen) atoms. The minimum Gasteiger partial charge on any atom is -0.344 e. The van der Waals surface area contributed by atoms with Crippen LogP contribution in [-0.4, -0.2) is 14.1 Å². The third-order valence-electron chi connectivity index (χ3n) is 17.7. The Balaban J connectivity index is 1.20. The van der Waals surface area contributed by atoms with Gasteiger partial charge in [0.05, 0.1) is 10.8 Å². The summed E-state index contributed by atoms with van der Waals surface area (Å²) in [6.45, 7) is 18.5. The molecule has 0 fully saturated rings. The van der Waals surface area contributed by atoms with E-state index in [2.05, 4.69) is 237 Å². The Morgan fingerprint density at radius 1 is 0.329 bits per heavy atom.